The van der Waals surface area contributed by atoms with E-state index in [4.69, 9.17) is 17.2 Å². The van der Waals surface area contributed by atoms with Crippen molar-refractivity contribution in [3.8, 4) is 0 Å². The van der Waals surface area contributed by atoms with Crippen LogP contribution in [0.15, 0.2) is 35.4 Å². The highest BCUT2D eigenvalue weighted by molar-refractivity contribution is 7.83. The number of aryl methyl sites for hydroxylation is 1. The van der Waals surface area contributed by atoms with Crippen molar-refractivity contribution < 1.29 is 12.4 Å². The van der Waals surface area contributed by atoms with Crippen molar-refractivity contribution in [1.29, 1.82) is 0 Å². The Morgan fingerprint density at radius 2 is 1.73 bits per heavy atom. The van der Waals surface area contributed by atoms with E-state index in [2.05, 4.69) is 41.6 Å². The van der Waals surface area contributed by atoms with Gasteiger partial charge in [0.05, 0.1) is 0 Å². The Morgan fingerprint density at radius 1 is 1.23 bits per heavy atom. The van der Waals surface area contributed by atoms with Gasteiger partial charge in [-0.05, 0) is 50.1 Å². The van der Waals surface area contributed by atoms with Crippen molar-refractivity contribution in [1.82, 2.24) is 0 Å². The average molecular weight is 330 g/mol. The van der Waals surface area contributed by atoms with Crippen LogP contribution in [-0.4, -0.2) is 11.7 Å². The number of carbonyl (C=O) groups is 1. The monoisotopic (exact) mass is 329 g/mol. The molecule has 0 spiro atoms. The molecule has 0 aliphatic heterocycles. The summed E-state index contributed by atoms with van der Waals surface area (Å²) in [6.07, 6.45) is 1.08. The lowest BCUT2D eigenvalue weighted by Crippen LogP contribution is -2.27. The largest absolute Gasteiger partial charge is 0.444 e. The highest BCUT2D eigenvalue weighted by atomic mass is 32.1. The zero-order chi connectivity index (χ0) is 17.2. The predicted molar refractivity (Wildman–Crippen MR) is 98.6 cm³/mol. The molecule has 1 aromatic rings. The topological polar surface area (TPSA) is 104 Å². The van der Waals surface area contributed by atoms with Gasteiger partial charge < -0.3 is 21.9 Å². The lowest BCUT2D eigenvalue weighted by Gasteiger charge is -2.16. The molecule has 22 heavy (non-hydrogen) atoms. The molecule has 0 aliphatic rings. The number of carbonyl (C=O) groups excluding carboxylic acids is 1. The van der Waals surface area contributed by atoms with Crippen LogP contribution in [0.3, 0.4) is 0 Å². The number of primary amides is 1. The molecule has 0 aromatic heterocycles. The van der Waals surface area contributed by atoms with Crippen molar-refractivity contribution in [2.24, 2.45) is 17.2 Å². The minimum atomic E-state index is -0.725. The van der Waals surface area contributed by atoms with E-state index in [1.54, 1.807) is 26.2 Å². The molecular formula is C16H31N3O2S. The molecule has 6 heteroatoms. The Hall–Kier alpha value is -1.66. The first-order valence-electron chi connectivity index (χ1n) is 7.03. The molecule has 0 radical (unpaired) electrons. The van der Waals surface area contributed by atoms with Crippen molar-refractivity contribution in [2.75, 3.05) is 0 Å². The van der Waals surface area contributed by atoms with Gasteiger partial charge >= 0.3 is 6.09 Å². The van der Waals surface area contributed by atoms with E-state index in [1.165, 1.54) is 5.56 Å². The summed E-state index contributed by atoms with van der Waals surface area (Å²) in [5, 5.41) is 1.65. The van der Waals surface area contributed by atoms with E-state index in [9.17, 15) is 4.79 Å². The van der Waals surface area contributed by atoms with Gasteiger partial charge in [-0.2, -0.15) is 0 Å². The van der Waals surface area contributed by atoms with Crippen LogP contribution >= 0.6 is 12.6 Å². The Balaban J connectivity index is -0.000000386. The van der Waals surface area contributed by atoms with Gasteiger partial charge in [-0.3, -0.25) is 0 Å². The van der Waals surface area contributed by atoms with Crippen molar-refractivity contribution in [3.05, 3.63) is 46.5 Å². The van der Waals surface area contributed by atoms with Crippen molar-refractivity contribution >= 4 is 18.7 Å². The maximum absolute atomic E-state index is 10.0. The highest BCUT2D eigenvalue weighted by Gasteiger charge is 2.12. The normalized spacial score (nSPS) is 11.4. The SMILES string of the molecule is CC(C)(C)OC(N)=O.NCc1ccc(CC/C(N)=C/S)cc1.[HH].[HH]. The van der Waals surface area contributed by atoms with Gasteiger partial charge in [-0.1, -0.05) is 24.3 Å². The lowest BCUT2D eigenvalue weighted by atomic mass is 10.1. The standard InChI is InChI=1S/C11H16N2S.C5H11NO2.2H2/c12-7-10-3-1-9(2-4-10)5-6-11(13)8-14;1-5(2,3)8-4(6)7;;/h1-4,8,14H,5-7,12-13H2;1-3H3,(H2,6,7);2*1H/b11-8-;;;. The first kappa shape index (κ1) is 20.3. The molecule has 6 N–H and O–H groups in total. The molecule has 1 amide bonds. The zero-order valence-corrected chi connectivity index (χ0v) is 14.4. The third-order valence-electron chi connectivity index (χ3n) is 2.53. The molecule has 1 aromatic carbocycles. The van der Waals surface area contributed by atoms with Gasteiger partial charge in [0, 0.05) is 15.1 Å². The average Bonchev–Trinajstić information content (AvgIpc) is 2.43. The Morgan fingerprint density at radius 3 is 2.05 bits per heavy atom. The molecular weight excluding hydrogens is 298 g/mol. The maximum atomic E-state index is 10.0. The van der Waals surface area contributed by atoms with Crippen molar-refractivity contribution in [3.63, 3.8) is 0 Å². The van der Waals surface area contributed by atoms with E-state index in [0.29, 0.717) is 6.54 Å². The summed E-state index contributed by atoms with van der Waals surface area (Å²) in [5.41, 5.74) is 18.7. The second-order valence-electron chi connectivity index (χ2n) is 5.76. The summed E-state index contributed by atoms with van der Waals surface area (Å²) >= 11 is 3.99. The summed E-state index contributed by atoms with van der Waals surface area (Å²) in [7, 11) is 0. The van der Waals surface area contributed by atoms with Crippen LogP contribution in [0.2, 0.25) is 0 Å². The van der Waals surface area contributed by atoms with E-state index < -0.39 is 11.7 Å². The van der Waals surface area contributed by atoms with E-state index >= 15 is 0 Å². The number of thiol groups is 1. The molecule has 0 saturated carbocycles. The Labute approximate surface area is 141 Å². The second kappa shape index (κ2) is 10.1. The number of ether oxygens (including phenoxy) is 1. The van der Waals surface area contributed by atoms with Crippen LogP contribution in [0.1, 0.15) is 41.2 Å². The number of hydrogen-bond donors (Lipinski definition) is 4. The third kappa shape index (κ3) is 11.0. The number of allylic oxidation sites excluding steroid dienone is 1. The van der Waals surface area contributed by atoms with Gasteiger partial charge in [0.15, 0.2) is 0 Å². The number of hydrogen-bond acceptors (Lipinski definition) is 5. The first-order valence-corrected chi connectivity index (χ1v) is 7.54. The van der Waals surface area contributed by atoms with Crippen LogP contribution in [0, 0.1) is 0 Å². The summed E-state index contributed by atoms with van der Waals surface area (Å²) in [4.78, 5) is 10.0. The Kier molecular flexibility index (Phi) is 9.37. The summed E-state index contributed by atoms with van der Waals surface area (Å²) in [5.74, 6) is 0. The van der Waals surface area contributed by atoms with Gasteiger partial charge in [0.25, 0.3) is 0 Å². The minimum absolute atomic E-state index is 0. The van der Waals surface area contributed by atoms with Crippen LogP contribution < -0.4 is 17.2 Å². The second-order valence-corrected chi connectivity index (χ2v) is 6.02. The van der Waals surface area contributed by atoms with Crippen LogP contribution in [0.4, 0.5) is 4.79 Å². The molecule has 0 unspecified atom stereocenters. The Bertz CT molecular complexity index is 489. The minimum Gasteiger partial charge on any atom is -0.444 e. The molecule has 0 heterocycles. The van der Waals surface area contributed by atoms with Crippen LogP contribution in [-0.2, 0) is 17.7 Å². The summed E-state index contributed by atoms with van der Waals surface area (Å²) in [6, 6.07) is 8.29. The van der Waals surface area contributed by atoms with E-state index in [0.717, 1.165) is 24.1 Å². The molecule has 1 rings (SSSR count). The fourth-order valence-corrected chi connectivity index (χ4v) is 1.63. The molecule has 0 fully saturated rings. The number of benzene rings is 1. The van der Waals surface area contributed by atoms with Crippen LogP contribution in [0.25, 0.3) is 0 Å². The smallest absolute Gasteiger partial charge is 0.405 e. The van der Waals surface area contributed by atoms with E-state index in [-0.39, 0.29) is 2.85 Å². The molecule has 0 atom stereocenters. The molecule has 5 nitrogen and oxygen atoms in total. The lowest BCUT2D eigenvalue weighted by molar-refractivity contribution is 0.0600. The first-order chi connectivity index (χ1) is 10.2. The van der Waals surface area contributed by atoms with Gasteiger partial charge in [0.2, 0.25) is 0 Å². The fraction of sp³-hybridized carbons (Fsp3) is 0.438. The maximum Gasteiger partial charge on any atom is 0.405 e. The highest BCUT2D eigenvalue weighted by Crippen LogP contribution is 2.08. The summed E-state index contributed by atoms with van der Waals surface area (Å²) < 4.78 is 4.58. The zero-order valence-electron chi connectivity index (χ0n) is 13.5. The molecule has 0 saturated heterocycles. The van der Waals surface area contributed by atoms with Gasteiger partial charge in [0.1, 0.15) is 5.60 Å². The number of rotatable bonds is 4. The fourth-order valence-electron chi connectivity index (χ4n) is 1.50. The van der Waals surface area contributed by atoms with Gasteiger partial charge in [-0.25, -0.2) is 4.79 Å². The third-order valence-corrected chi connectivity index (χ3v) is 2.87. The molecule has 0 bridgehead atoms. The molecule has 128 valence electrons. The van der Waals surface area contributed by atoms with Gasteiger partial charge in [-0.15, -0.1) is 12.6 Å². The summed E-state index contributed by atoms with van der Waals surface area (Å²) in [6.45, 7) is 5.88. The van der Waals surface area contributed by atoms with Crippen LogP contribution in [0.5, 0.6) is 0 Å². The molecule has 0 aliphatic carbocycles. The number of amides is 1. The van der Waals surface area contributed by atoms with Crippen molar-refractivity contribution in [2.45, 2.75) is 45.8 Å². The quantitative estimate of drug-likeness (QED) is 0.637. The predicted octanol–water partition coefficient (Wildman–Crippen LogP) is 3.18. The van der Waals surface area contributed by atoms with E-state index in [1.807, 2.05) is 0 Å². The number of nitrogens with two attached hydrogens (primary N) is 3.